The van der Waals surface area contributed by atoms with E-state index in [9.17, 15) is 9.59 Å². The van der Waals surface area contributed by atoms with Gasteiger partial charge >= 0.3 is 0 Å². The summed E-state index contributed by atoms with van der Waals surface area (Å²) in [6, 6.07) is 6.93. The Morgan fingerprint density at radius 2 is 1.95 bits per heavy atom. The van der Waals surface area contributed by atoms with Crippen molar-refractivity contribution in [1.29, 1.82) is 0 Å². The van der Waals surface area contributed by atoms with Gasteiger partial charge in [-0.15, -0.1) is 0 Å². The number of carbonyl (C=O) groups excluding carboxylic acids is 2. The summed E-state index contributed by atoms with van der Waals surface area (Å²) in [4.78, 5) is 23.2. The third-order valence-electron chi connectivity index (χ3n) is 2.96. The monoisotopic (exact) mass is 277 g/mol. The van der Waals surface area contributed by atoms with Crippen LogP contribution >= 0.6 is 0 Å². The highest BCUT2D eigenvalue weighted by Crippen LogP contribution is 2.12. The molecule has 0 aromatic heterocycles. The minimum atomic E-state index is -0.473. The fourth-order valence-corrected chi connectivity index (χ4v) is 1.55. The van der Waals surface area contributed by atoms with E-state index in [0.717, 1.165) is 11.3 Å². The van der Waals surface area contributed by atoms with Crippen LogP contribution in [0.1, 0.15) is 32.8 Å². The summed E-state index contributed by atoms with van der Waals surface area (Å²) in [7, 11) is 0. The van der Waals surface area contributed by atoms with E-state index in [0.29, 0.717) is 13.0 Å². The van der Waals surface area contributed by atoms with E-state index >= 15 is 0 Å². The van der Waals surface area contributed by atoms with E-state index < -0.39 is 6.04 Å². The van der Waals surface area contributed by atoms with Gasteiger partial charge in [0.15, 0.2) is 0 Å². The molecule has 5 nitrogen and oxygen atoms in total. The van der Waals surface area contributed by atoms with E-state index in [1.807, 2.05) is 45.0 Å². The van der Waals surface area contributed by atoms with Crippen molar-refractivity contribution < 1.29 is 9.59 Å². The van der Waals surface area contributed by atoms with Crippen LogP contribution in [-0.4, -0.2) is 17.9 Å². The summed E-state index contributed by atoms with van der Waals surface area (Å²) >= 11 is 0. The summed E-state index contributed by atoms with van der Waals surface area (Å²) in [5.74, 6) is -0.260. The number of hydrogen-bond acceptors (Lipinski definition) is 3. The molecule has 0 aliphatic heterocycles. The predicted molar refractivity (Wildman–Crippen MR) is 80.0 cm³/mol. The first-order valence-corrected chi connectivity index (χ1v) is 6.87. The van der Waals surface area contributed by atoms with Crippen molar-refractivity contribution in [3.8, 4) is 0 Å². The Hall–Kier alpha value is -1.88. The van der Waals surface area contributed by atoms with Crippen molar-refractivity contribution in [2.75, 3.05) is 5.32 Å². The molecule has 0 bridgehead atoms. The van der Waals surface area contributed by atoms with Gasteiger partial charge in [0.25, 0.3) is 0 Å². The molecule has 1 aromatic carbocycles. The first-order chi connectivity index (χ1) is 9.43. The normalized spacial score (nSPS) is 12.1. The van der Waals surface area contributed by atoms with Gasteiger partial charge < -0.3 is 16.4 Å². The Bertz CT molecular complexity index is 472. The van der Waals surface area contributed by atoms with Crippen LogP contribution in [0.5, 0.6) is 0 Å². The van der Waals surface area contributed by atoms with Crippen LogP contribution in [0, 0.1) is 5.92 Å². The molecule has 4 N–H and O–H groups in total. The van der Waals surface area contributed by atoms with Gasteiger partial charge in [0.1, 0.15) is 0 Å². The van der Waals surface area contributed by atoms with Crippen LogP contribution in [0.2, 0.25) is 0 Å². The second-order valence-electron chi connectivity index (χ2n) is 5.08. The van der Waals surface area contributed by atoms with Gasteiger partial charge in [0.2, 0.25) is 11.8 Å². The molecule has 0 fully saturated rings. The molecule has 1 aromatic rings. The summed E-state index contributed by atoms with van der Waals surface area (Å²) < 4.78 is 0. The summed E-state index contributed by atoms with van der Waals surface area (Å²) in [6.45, 7) is 5.95. The van der Waals surface area contributed by atoms with Crippen LogP contribution in [0.25, 0.3) is 0 Å². The molecular weight excluding hydrogens is 254 g/mol. The molecule has 2 amide bonds. The van der Waals surface area contributed by atoms with Gasteiger partial charge in [0, 0.05) is 18.2 Å². The lowest BCUT2D eigenvalue weighted by Crippen LogP contribution is -2.39. The molecule has 0 saturated heterocycles. The Kier molecular flexibility index (Phi) is 6.18. The van der Waals surface area contributed by atoms with E-state index in [2.05, 4.69) is 10.6 Å². The first-order valence-electron chi connectivity index (χ1n) is 6.87. The molecule has 5 heteroatoms. The number of amides is 2. The average Bonchev–Trinajstić information content (AvgIpc) is 2.44. The number of anilines is 1. The maximum atomic E-state index is 11.6. The highest BCUT2D eigenvalue weighted by molar-refractivity contribution is 5.92. The van der Waals surface area contributed by atoms with Crippen molar-refractivity contribution in [2.45, 2.75) is 39.8 Å². The summed E-state index contributed by atoms with van der Waals surface area (Å²) in [5, 5.41) is 5.60. The lowest BCUT2D eigenvalue weighted by atomic mass is 10.1. The second kappa shape index (κ2) is 7.65. The van der Waals surface area contributed by atoms with E-state index in [1.165, 1.54) is 0 Å². The van der Waals surface area contributed by atoms with Gasteiger partial charge in [0.05, 0.1) is 6.04 Å². The van der Waals surface area contributed by atoms with Crippen LogP contribution in [0.3, 0.4) is 0 Å². The van der Waals surface area contributed by atoms with Crippen LogP contribution in [0.4, 0.5) is 5.69 Å². The Balaban J connectivity index is 2.60. The lowest BCUT2D eigenvalue weighted by Gasteiger charge is -2.12. The van der Waals surface area contributed by atoms with Gasteiger partial charge in [-0.1, -0.05) is 32.9 Å². The number of nitrogens with two attached hydrogens (primary N) is 1. The lowest BCUT2D eigenvalue weighted by molar-refractivity contribution is -0.122. The fraction of sp³-hybridized carbons (Fsp3) is 0.467. The highest BCUT2D eigenvalue weighted by Gasteiger charge is 2.10. The van der Waals surface area contributed by atoms with Gasteiger partial charge in [-0.25, -0.2) is 0 Å². The Labute approximate surface area is 119 Å². The van der Waals surface area contributed by atoms with Gasteiger partial charge in [-0.3, -0.25) is 9.59 Å². The SMILES string of the molecule is CC[C@H](N)C(=O)NCc1cccc(NC(=O)C(C)C)c1. The van der Waals surface area contributed by atoms with E-state index in [1.54, 1.807) is 0 Å². The van der Waals surface area contributed by atoms with Gasteiger partial charge in [-0.05, 0) is 24.1 Å². The fourth-order valence-electron chi connectivity index (χ4n) is 1.55. The molecule has 1 atom stereocenters. The van der Waals surface area contributed by atoms with E-state index in [-0.39, 0.29) is 17.7 Å². The molecule has 0 aliphatic carbocycles. The second-order valence-corrected chi connectivity index (χ2v) is 5.08. The van der Waals surface area contributed by atoms with Crippen molar-refractivity contribution in [3.63, 3.8) is 0 Å². The summed E-state index contributed by atoms with van der Waals surface area (Å²) in [6.07, 6.45) is 0.607. The molecule has 0 unspecified atom stereocenters. The quantitative estimate of drug-likeness (QED) is 0.739. The number of rotatable bonds is 6. The van der Waals surface area contributed by atoms with Crippen LogP contribution in [-0.2, 0) is 16.1 Å². The topological polar surface area (TPSA) is 84.2 Å². The number of nitrogens with one attached hydrogen (secondary N) is 2. The van der Waals surface area contributed by atoms with Crippen molar-refractivity contribution >= 4 is 17.5 Å². The zero-order chi connectivity index (χ0) is 15.1. The first kappa shape index (κ1) is 16.2. The zero-order valence-electron chi connectivity index (χ0n) is 12.3. The maximum absolute atomic E-state index is 11.6. The van der Waals surface area contributed by atoms with E-state index in [4.69, 9.17) is 5.73 Å². The predicted octanol–water partition coefficient (Wildman–Crippen LogP) is 1.63. The Morgan fingerprint density at radius 1 is 1.25 bits per heavy atom. The van der Waals surface area contributed by atoms with Crippen molar-refractivity contribution in [1.82, 2.24) is 5.32 Å². The molecule has 0 radical (unpaired) electrons. The minimum Gasteiger partial charge on any atom is -0.351 e. The smallest absolute Gasteiger partial charge is 0.237 e. The van der Waals surface area contributed by atoms with Gasteiger partial charge in [-0.2, -0.15) is 0 Å². The molecule has 110 valence electrons. The maximum Gasteiger partial charge on any atom is 0.237 e. The zero-order valence-corrected chi connectivity index (χ0v) is 12.3. The summed E-state index contributed by atoms with van der Waals surface area (Å²) in [5.41, 5.74) is 7.29. The van der Waals surface area contributed by atoms with Crippen LogP contribution in [0.15, 0.2) is 24.3 Å². The highest BCUT2D eigenvalue weighted by atomic mass is 16.2. The molecule has 0 saturated carbocycles. The number of benzene rings is 1. The molecule has 20 heavy (non-hydrogen) atoms. The number of hydrogen-bond donors (Lipinski definition) is 3. The standard InChI is InChI=1S/C15H23N3O2/c1-4-13(16)15(20)17-9-11-6-5-7-12(8-11)18-14(19)10(2)3/h5-8,10,13H,4,9,16H2,1-3H3,(H,17,20)(H,18,19)/t13-/m0/s1. The van der Waals surface area contributed by atoms with Crippen molar-refractivity contribution in [2.24, 2.45) is 11.7 Å². The Morgan fingerprint density at radius 3 is 2.55 bits per heavy atom. The van der Waals surface area contributed by atoms with Crippen LogP contribution < -0.4 is 16.4 Å². The number of carbonyl (C=O) groups is 2. The third kappa shape index (κ3) is 5.01. The molecule has 1 rings (SSSR count). The molecule has 0 aliphatic rings. The largest absolute Gasteiger partial charge is 0.351 e. The van der Waals surface area contributed by atoms with Crippen molar-refractivity contribution in [3.05, 3.63) is 29.8 Å². The average molecular weight is 277 g/mol. The molecule has 0 spiro atoms. The molecule has 0 heterocycles. The third-order valence-corrected chi connectivity index (χ3v) is 2.96. The minimum absolute atomic E-state index is 0.0285. The molecular formula is C15H23N3O2.